The van der Waals surface area contributed by atoms with Crippen LogP contribution in [0.2, 0.25) is 0 Å². The van der Waals surface area contributed by atoms with E-state index in [0.717, 1.165) is 24.0 Å². The maximum absolute atomic E-state index is 11.3. The summed E-state index contributed by atoms with van der Waals surface area (Å²) >= 11 is 1.56. The molecule has 0 saturated heterocycles. The minimum absolute atomic E-state index is 0.0526. The van der Waals surface area contributed by atoms with Crippen molar-refractivity contribution >= 4 is 23.6 Å². The summed E-state index contributed by atoms with van der Waals surface area (Å²) in [4.78, 5) is 22.5. The van der Waals surface area contributed by atoms with E-state index < -0.39 is 0 Å². The molecule has 0 radical (unpaired) electrons. The first-order chi connectivity index (χ1) is 10.5. The molecular formula is C17H33N2O3S+. The second kappa shape index (κ2) is 9.98. The van der Waals surface area contributed by atoms with Crippen molar-refractivity contribution in [3.05, 3.63) is 12.7 Å². The Labute approximate surface area is 145 Å². The molecule has 0 aliphatic heterocycles. The number of esters is 1. The van der Waals surface area contributed by atoms with Gasteiger partial charge < -0.3 is 14.5 Å². The van der Waals surface area contributed by atoms with E-state index in [1.165, 1.54) is 13.0 Å². The largest absolute Gasteiger partial charge is 0.451 e. The van der Waals surface area contributed by atoms with Gasteiger partial charge in [0.25, 0.3) is 0 Å². The fraction of sp³-hybridized carbons (Fsp3) is 0.765. The minimum Gasteiger partial charge on any atom is -0.451 e. The van der Waals surface area contributed by atoms with Gasteiger partial charge in [0.2, 0.25) is 5.91 Å². The topological polar surface area (TPSA) is 55.4 Å². The third kappa shape index (κ3) is 11.2. The van der Waals surface area contributed by atoms with Gasteiger partial charge in [0.05, 0.1) is 27.2 Å². The van der Waals surface area contributed by atoms with Crippen molar-refractivity contribution in [2.45, 2.75) is 39.6 Å². The SMILES string of the molecule is C=CC(=O)NCCSC(CC(C)(C)C[N+](C)(C)CC)OC(C)=O. The van der Waals surface area contributed by atoms with Crippen LogP contribution in [0.25, 0.3) is 0 Å². The Hall–Kier alpha value is -1.01. The maximum Gasteiger partial charge on any atom is 0.303 e. The Kier molecular flexibility index (Phi) is 9.54. The number of ether oxygens (including phenoxy) is 1. The van der Waals surface area contributed by atoms with Gasteiger partial charge in [0.15, 0.2) is 0 Å². The molecule has 134 valence electrons. The Morgan fingerprint density at radius 2 is 2.00 bits per heavy atom. The summed E-state index contributed by atoms with van der Waals surface area (Å²) in [6.45, 7) is 14.0. The van der Waals surface area contributed by atoms with Gasteiger partial charge in [0, 0.05) is 31.1 Å². The van der Waals surface area contributed by atoms with Crippen molar-refractivity contribution in [1.29, 1.82) is 0 Å². The van der Waals surface area contributed by atoms with Gasteiger partial charge in [0.1, 0.15) is 5.44 Å². The van der Waals surface area contributed by atoms with Gasteiger partial charge in [-0.15, -0.1) is 11.8 Å². The molecular weight excluding hydrogens is 312 g/mol. The normalized spacial score (nSPS) is 13.3. The first-order valence-electron chi connectivity index (χ1n) is 8.02. The Balaban J connectivity index is 4.56. The molecule has 1 atom stereocenters. The number of hydrogen-bond donors (Lipinski definition) is 1. The summed E-state index contributed by atoms with van der Waals surface area (Å²) in [7, 11) is 4.42. The first kappa shape index (κ1) is 22.0. The Morgan fingerprint density at radius 3 is 2.48 bits per heavy atom. The van der Waals surface area contributed by atoms with Crippen molar-refractivity contribution in [1.82, 2.24) is 5.32 Å². The van der Waals surface area contributed by atoms with Crippen molar-refractivity contribution in [3.8, 4) is 0 Å². The highest BCUT2D eigenvalue weighted by molar-refractivity contribution is 7.99. The molecule has 6 heteroatoms. The van der Waals surface area contributed by atoms with E-state index in [1.54, 1.807) is 11.8 Å². The monoisotopic (exact) mass is 345 g/mol. The van der Waals surface area contributed by atoms with Gasteiger partial charge >= 0.3 is 5.97 Å². The second-order valence-corrected chi connectivity index (χ2v) is 8.45. The van der Waals surface area contributed by atoms with Crippen LogP contribution >= 0.6 is 11.8 Å². The van der Waals surface area contributed by atoms with Crippen LogP contribution in [0.3, 0.4) is 0 Å². The molecule has 0 aliphatic carbocycles. The lowest BCUT2D eigenvalue weighted by atomic mass is 9.88. The highest BCUT2D eigenvalue weighted by Crippen LogP contribution is 2.31. The van der Waals surface area contributed by atoms with Gasteiger partial charge in [-0.3, -0.25) is 9.59 Å². The summed E-state index contributed by atoms with van der Waals surface area (Å²) < 4.78 is 6.38. The smallest absolute Gasteiger partial charge is 0.303 e. The molecule has 5 nitrogen and oxygen atoms in total. The number of nitrogens with zero attached hydrogens (tertiary/aromatic N) is 1. The summed E-state index contributed by atoms with van der Waals surface area (Å²) in [5, 5.41) is 2.73. The molecule has 0 aromatic heterocycles. The standard InChI is InChI=1S/C17H32N2O3S/c1-8-15(21)18-10-11-23-16(22-14(3)20)12-17(4,5)13-19(6,7)9-2/h8,16H,1,9-13H2,2-7H3/p+1. The first-order valence-corrected chi connectivity index (χ1v) is 9.07. The molecule has 0 fully saturated rings. The number of thioether (sulfide) groups is 1. The zero-order chi connectivity index (χ0) is 18.1. The third-order valence-electron chi connectivity index (χ3n) is 3.62. The summed E-state index contributed by atoms with van der Waals surface area (Å²) in [6, 6.07) is 0. The Bertz CT molecular complexity index is 409. The average molecular weight is 346 g/mol. The Morgan fingerprint density at radius 1 is 1.39 bits per heavy atom. The van der Waals surface area contributed by atoms with Crippen LogP contribution in [0, 0.1) is 5.41 Å². The van der Waals surface area contributed by atoms with Crippen LogP contribution in [-0.4, -0.2) is 61.3 Å². The molecule has 1 unspecified atom stereocenters. The van der Waals surface area contributed by atoms with Gasteiger partial charge in [-0.05, 0) is 13.0 Å². The lowest BCUT2D eigenvalue weighted by Crippen LogP contribution is -2.47. The number of amides is 1. The van der Waals surface area contributed by atoms with Crippen LogP contribution in [0.5, 0.6) is 0 Å². The fourth-order valence-electron chi connectivity index (χ4n) is 2.54. The van der Waals surface area contributed by atoms with Crippen LogP contribution in [0.1, 0.15) is 34.1 Å². The van der Waals surface area contributed by atoms with E-state index in [1.807, 2.05) is 0 Å². The molecule has 0 saturated carbocycles. The molecule has 0 aliphatic rings. The predicted molar refractivity (Wildman–Crippen MR) is 97.1 cm³/mol. The van der Waals surface area contributed by atoms with Gasteiger partial charge in [-0.25, -0.2) is 0 Å². The minimum atomic E-state index is -0.266. The van der Waals surface area contributed by atoms with E-state index in [0.29, 0.717) is 12.3 Å². The zero-order valence-corrected chi connectivity index (χ0v) is 16.3. The third-order valence-corrected chi connectivity index (χ3v) is 4.69. The van der Waals surface area contributed by atoms with Crippen molar-refractivity contribution in [3.63, 3.8) is 0 Å². The van der Waals surface area contributed by atoms with E-state index in [2.05, 4.69) is 46.8 Å². The average Bonchev–Trinajstić information content (AvgIpc) is 2.40. The second-order valence-electron chi connectivity index (χ2n) is 7.18. The molecule has 0 aromatic rings. The van der Waals surface area contributed by atoms with Crippen molar-refractivity contribution in [2.24, 2.45) is 5.41 Å². The molecule has 1 amide bonds. The number of rotatable bonds is 11. The molecule has 0 spiro atoms. The van der Waals surface area contributed by atoms with E-state index in [4.69, 9.17) is 4.74 Å². The number of hydrogen-bond acceptors (Lipinski definition) is 4. The van der Waals surface area contributed by atoms with E-state index in [-0.39, 0.29) is 22.7 Å². The van der Waals surface area contributed by atoms with Gasteiger partial charge in [-0.2, -0.15) is 0 Å². The summed E-state index contributed by atoms with van der Waals surface area (Å²) in [5.41, 5.74) is -0.142. The van der Waals surface area contributed by atoms with Crippen molar-refractivity contribution in [2.75, 3.05) is 39.5 Å². The van der Waals surface area contributed by atoms with E-state index >= 15 is 0 Å². The molecule has 0 heterocycles. The van der Waals surface area contributed by atoms with E-state index in [9.17, 15) is 9.59 Å². The lowest BCUT2D eigenvalue weighted by Gasteiger charge is -2.38. The number of carbonyl (C=O) groups is 2. The highest BCUT2D eigenvalue weighted by atomic mass is 32.2. The highest BCUT2D eigenvalue weighted by Gasteiger charge is 2.31. The molecule has 1 N–H and O–H groups in total. The molecule has 23 heavy (non-hydrogen) atoms. The number of carbonyl (C=O) groups excluding carboxylic acids is 2. The van der Waals surface area contributed by atoms with Crippen LogP contribution in [0.15, 0.2) is 12.7 Å². The summed E-state index contributed by atoms with van der Waals surface area (Å²) in [5.74, 6) is 0.245. The maximum atomic E-state index is 11.3. The van der Waals surface area contributed by atoms with Gasteiger partial charge in [-0.1, -0.05) is 20.4 Å². The van der Waals surface area contributed by atoms with Crippen LogP contribution < -0.4 is 5.32 Å². The molecule has 0 aromatic carbocycles. The fourth-order valence-corrected chi connectivity index (χ4v) is 3.80. The van der Waals surface area contributed by atoms with Crippen LogP contribution in [0.4, 0.5) is 0 Å². The number of quaternary nitrogens is 1. The van der Waals surface area contributed by atoms with Crippen LogP contribution in [-0.2, 0) is 14.3 Å². The molecule has 0 rings (SSSR count). The van der Waals surface area contributed by atoms with Crippen molar-refractivity contribution < 1.29 is 18.8 Å². The quantitative estimate of drug-likeness (QED) is 0.205. The zero-order valence-electron chi connectivity index (χ0n) is 15.5. The predicted octanol–water partition coefficient (Wildman–Crippen LogP) is 2.42. The lowest BCUT2D eigenvalue weighted by molar-refractivity contribution is -0.894. The summed E-state index contributed by atoms with van der Waals surface area (Å²) in [6.07, 6.45) is 2.04. The number of nitrogens with one attached hydrogen (secondary N) is 1. The molecule has 0 bridgehead atoms.